The van der Waals surface area contributed by atoms with E-state index in [0.717, 1.165) is 38.3 Å². The first-order chi connectivity index (χ1) is 7.77. The topological polar surface area (TPSA) is 39.7 Å². The molecule has 0 aromatic carbocycles. The zero-order chi connectivity index (χ0) is 12.1. The van der Waals surface area contributed by atoms with E-state index in [-0.39, 0.29) is 0 Å². The third-order valence-electron chi connectivity index (χ3n) is 1.85. The number of hydrogen-bond acceptors (Lipinski definition) is 4. The molecule has 0 atom stereocenters. The number of rotatable bonds is 12. The van der Waals surface area contributed by atoms with Gasteiger partial charge in [0.05, 0.1) is 26.4 Å². The van der Waals surface area contributed by atoms with Crippen LogP contribution < -0.4 is 5.32 Å². The molecule has 0 radical (unpaired) electrons. The van der Waals surface area contributed by atoms with Crippen LogP contribution in [0.3, 0.4) is 0 Å². The van der Waals surface area contributed by atoms with Crippen molar-refractivity contribution in [3.63, 3.8) is 0 Å². The summed E-state index contributed by atoms with van der Waals surface area (Å²) < 4.78 is 15.5. The largest absolute Gasteiger partial charge is 0.382 e. The van der Waals surface area contributed by atoms with Crippen LogP contribution in [0.25, 0.3) is 0 Å². The van der Waals surface area contributed by atoms with E-state index >= 15 is 0 Å². The third-order valence-corrected chi connectivity index (χ3v) is 1.85. The van der Waals surface area contributed by atoms with Gasteiger partial charge in [-0.05, 0) is 19.9 Å². The van der Waals surface area contributed by atoms with Crippen molar-refractivity contribution in [1.82, 2.24) is 5.32 Å². The summed E-state index contributed by atoms with van der Waals surface area (Å²) in [6.07, 6.45) is 1.02. The summed E-state index contributed by atoms with van der Waals surface area (Å²) in [7, 11) is 1.68. The summed E-state index contributed by atoms with van der Waals surface area (Å²) in [5.41, 5.74) is 1.06. The van der Waals surface area contributed by atoms with Crippen molar-refractivity contribution in [1.29, 1.82) is 0 Å². The van der Waals surface area contributed by atoms with E-state index in [9.17, 15) is 0 Å². The van der Waals surface area contributed by atoms with E-state index in [1.165, 1.54) is 0 Å². The molecular weight excluding hydrogens is 206 g/mol. The van der Waals surface area contributed by atoms with Gasteiger partial charge in [-0.2, -0.15) is 0 Å². The molecule has 0 fully saturated rings. The lowest BCUT2D eigenvalue weighted by molar-refractivity contribution is 0.0692. The minimum Gasteiger partial charge on any atom is -0.382 e. The lowest BCUT2D eigenvalue weighted by atomic mass is 10.4. The van der Waals surface area contributed by atoms with Crippen molar-refractivity contribution in [2.24, 2.45) is 0 Å². The molecule has 4 heteroatoms. The fraction of sp³-hybridized carbons (Fsp3) is 0.833. The van der Waals surface area contributed by atoms with Gasteiger partial charge >= 0.3 is 0 Å². The van der Waals surface area contributed by atoms with Gasteiger partial charge in [0.2, 0.25) is 0 Å². The summed E-state index contributed by atoms with van der Waals surface area (Å²) >= 11 is 0. The first kappa shape index (κ1) is 15.6. The summed E-state index contributed by atoms with van der Waals surface area (Å²) in [5, 5.41) is 3.28. The normalized spacial score (nSPS) is 10.6. The Morgan fingerprint density at radius 1 is 1.06 bits per heavy atom. The summed E-state index contributed by atoms with van der Waals surface area (Å²) in [6, 6.07) is 0. The van der Waals surface area contributed by atoms with Crippen molar-refractivity contribution >= 4 is 0 Å². The van der Waals surface area contributed by atoms with Crippen LogP contribution in [0.15, 0.2) is 12.2 Å². The molecule has 0 unspecified atom stereocenters. The zero-order valence-corrected chi connectivity index (χ0v) is 10.6. The summed E-state index contributed by atoms with van der Waals surface area (Å²) in [5.74, 6) is 0. The minimum atomic E-state index is 0.655. The van der Waals surface area contributed by atoms with Crippen molar-refractivity contribution in [2.75, 3.05) is 53.2 Å². The Morgan fingerprint density at radius 2 is 1.88 bits per heavy atom. The van der Waals surface area contributed by atoms with Crippen LogP contribution in [0.1, 0.15) is 13.3 Å². The number of methoxy groups -OCH3 is 1. The van der Waals surface area contributed by atoms with E-state index in [1.54, 1.807) is 7.11 Å². The van der Waals surface area contributed by atoms with Crippen LogP contribution >= 0.6 is 0 Å². The van der Waals surface area contributed by atoms with Gasteiger partial charge in [0.1, 0.15) is 0 Å². The molecule has 0 saturated heterocycles. The van der Waals surface area contributed by atoms with Gasteiger partial charge < -0.3 is 19.5 Å². The van der Waals surface area contributed by atoms with E-state index in [2.05, 4.69) is 11.9 Å². The molecule has 0 saturated carbocycles. The predicted molar refractivity (Wildman–Crippen MR) is 65.8 cm³/mol. The van der Waals surface area contributed by atoms with Gasteiger partial charge in [-0.15, -0.1) is 0 Å². The maximum absolute atomic E-state index is 5.34. The molecule has 0 aromatic rings. The third kappa shape index (κ3) is 13.6. The standard InChI is InChI=1S/C12H25NO3/c1-12(2)11-16-8-6-13-5-4-7-15-10-9-14-3/h13H,1,4-11H2,2-3H3. The Kier molecular flexibility index (Phi) is 12.3. The van der Waals surface area contributed by atoms with Crippen LogP contribution in [0, 0.1) is 0 Å². The summed E-state index contributed by atoms with van der Waals surface area (Å²) in [4.78, 5) is 0. The van der Waals surface area contributed by atoms with Crippen LogP contribution in [-0.2, 0) is 14.2 Å². The Morgan fingerprint density at radius 3 is 2.56 bits per heavy atom. The highest BCUT2D eigenvalue weighted by atomic mass is 16.5. The van der Waals surface area contributed by atoms with Gasteiger partial charge in [-0.25, -0.2) is 0 Å². The quantitative estimate of drug-likeness (QED) is 0.405. The van der Waals surface area contributed by atoms with Crippen molar-refractivity contribution < 1.29 is 14.2 Å². The molecule has 4 nitrogen and oxygen atoms in total. The minimum absolute atomic E-state index is 0.655. The lowest BCUT2D eigenvalue weighted by Crippen LogP contribution is -2.22. The Hall–Kier alpha value is -0.420. The lowest BCUT2D eigenvalue weighted by Gasteiger charge is -2.06. The van der Waals surface area contributed by atoms with Gasteiger partial charge in [-0.3, -0.25) is 0 Å². The Balaban J connectivity index is 2.90. The van der Waals surface area contributed by atoms with Crippen molar-refractivity contribution in [3.8, 4) is 0 Å². The van der Waals surface area contributed by atoms with Crippen LogP contribution in [-0.4, -0.2) is 53.2 Å². The second-order valence-electron chi connectivity index (χ2n) is 3.72. The average Bonchev–Trinajstić information content (AvgIpc) is 2.25. The molecule has 0 aliphatic carbocycles. The SMILES string of the molecule is C=C(C)COCCNCCCOCCOC. The molecule has 0 bridgehead atoms. The molecule has 1 N–H and O–H groups in total. The number of ether oxygens (including phenoxy) is 3. The Bertz CT molecular complexity index is 162. The maximum Gasteiger partial charge on any atom is 0.0700 e. The molecule has 0 aliphatic rings. The number of nitrogens with one attached hydrogen (secondary N) is 1. The van der Waals surface area contributed by atoms with E-state index in [4.69, 9.17) is 14.2 Å². The van der Waals surface area contributed by atoms with Gasteiger partial charge in [0.25, 0.3) is 0 Å². The van der Waals surface area contributed by atoms with Gasteiger partial charge in [0, 0.05) is 20.3 Å². The van der Waals surface area contributed by atoms with Crippen molar-refractivity contribution in [2.45, 2.75) is 13.3 Å². The predicted octanol–water partition coefficient (Wildman–Crippen LogP) is 1.22. The molecule has 0 heterocycles. The van der Waals surface area contributed by atoms with Crippen LogP contribution in [0.2, 0.25) is 0 Å². The molecule has 0 amide bonds. The van der Waals surface area contributed by atoms with Crippen LogP contribution in [0.5, 0.6) is 0 Å². The zero-order valence-electron chi connectivity index (χ0n) is 10.6. The Labute approximate surface area is 99.0 Å². The highest BCUT2D eigenvalue weighted by Crippen LogP contribution is 1.87. The monoisotopic (exact) mass is 231 g/mol. The second kappa shape index (κ2) is 12.6. The van der Waals surface area contributed by atoms with Gasteiger partial charge in [-0.1, -0.05) is 12.2 Å². The van der Waals surface area contributed by atoms with E-state index in [1.807, 2.05) is 6.92 Å². The second-order valence-corrected chi connectivity index (χ2v) is 3.72. The first-order valence-electron chi connectivity index (χ1n) is 5.77. The summed E-state index contributed by atoms with van der Waals surface area (Å²) in [6.45, 7) is 11.1. The molecule has 96 valence electrons. The van der Waals surface area contributed by atoms with E-state index in [0.29, 0.717) is 19.8 Å². The molecule has 0 rings (SSSR count). The maximum atomic E-state index is 5.34. The highest BCUT2D eigenvalue weighted by molar-refractivity contribution is 4.87. The van der Waals surface area contributed by atoms with Crippen molar-refractivity contribution in [3.05, 3.63) is 12.2 Å². The molecule has 0 aromatic heterocycles. The fourth-order valence-electron chi connectivity index (χ4n) is 1.06. The molecule has 0 aliphatic heterocycles. The number of hydrogen-bond donors (Lipinski definition) is 1. The van der Waals surface area contributed by atoms with Gasteiger partial charge in [0.15, 0.2) is 0 Å². The smallest absolute Gasteiger partial charge is 0.0700 e. The first-order valence-corrected chi connectivity index (χ1v) is 5.77. The van der Waals surface area contributed by atoms with Crippen LogP contribution in [0.4, 0.5) is 0 Å². The molecular formula is C12H25NO3. The highest BCUT2D eigenvalue weighted by Gasteiger charge is 1.91. The average molecular weight is 231 g/mol. The molecule has 0 spiro atoms. The molecule has 16 heavy (non-hydrogen) atoms. The fourth-order valence-corrected chi connectivity index (χ4v) is 1.06. The van der Waals surface area contributed by atoms with E-state index < -0.39 is 0 Å².